The van der Waals surface area contributed by atoms with Crippen molar-refractivity contribution in [3.05, 3.63) is 77.9 Å². The van der Waals surface area contributed by atoms with Gasteiger partial charge in [0.25, 0.3) is 0 Å². The zero-order valence-electron chi connectivity index (χ0n) is 19.8. The van der Waals surface area contributed by atoms with Gasteiger partial charge in [0.2, 0.25) is 15.9 Å². The molecule has 2 heterocycles. The zero-order valence-corrected chi connectivity index (χ0v) is 20.6. The molecule has 5 rings (SSSR count). The Morgan fingerprint density at radius 1 is 1.03 bits per heavy atom. The number of carbonyl (C=O) groups excluding carboxylic acids is 1. The molecule has 1 aliphatic rings. The Hall–Kier alpha value is -3.49. The van der Waals surface area contributed by atoms with Gasteiger partial charge in [-0.3, -0.25) is 4.79 Å². The van der Waals surface area contributed by atoms with Gasteiger partial charge in [0.1, 0.15) is 5.82 Å². The van der Waals surface area contributed by atoms with Crippen LogP contribution >= 0.6 is 0 Å². The minimum absolute atomic E-state index is 0.147. The van der Waals surface area contributed by atoms with E-state index >= 15 is 0 Å². The van der Waals surface area contributed by atoms with Crippen molar-refractivity contribution in [2.24, 2.45) is 5.92 Å². The van der Waals surface area contributed by atoms with Crippen molar-refractivity contribution >= 4 is 32.7 Å². The van der Waals surface area contributed by atoms with Gasteiger partial charge in [-0.2, -0.15) is 4.31 Å². The lowest BCUT2D eigenvalue weighted by atomic mass is 9.98. The van der Waals surface area contributed by atoms with Crippen molar-refractivity contribution in [3.8, 4) is 11.4 Å². The molecule has 1 atom stereocenters. The van der Waals surface area contributed by atoms with Crippen LogP contribution in [0, 0.1) is 19.8 Å². The van der Waals surface area contributed by atoms with E-state index in [1.807, 2.05) is 62.4 Å². The van der Waals surface area contributed by atoms with E-state index in [-0.39, 0.29) is 17.3 Å². The fourth-order valence-corrected chi connectivity index (χ4v) is 6.25. The number of sulfonamides is 1. The number of H-pyrrole nitrogens is 1. The van der Waals surface area contributed by atoms with Crippen LogP contribution in [-0.2, 0) is 14.8 Å². The van der Waals surface area contributed by atoms with Crippen LogP contribution in [-0.4, -0.2) is 41.7 Å². The van der Waals surface area contributed by atoms with Gasteiger partial charge in [-0.15, -0.1) is 0 Å². The van der Waals surface area contributed by atoms with Crippen molar-refractivity contribution in [1.82, 2.24) is 14.3 Å². The predicted molar refractivity (Wildman–Crippen MR) is 138 cm³/mol. The highest BCUT2D eigenvalue weighted by Gasteiger charge is 2.33. The first-order valence-corrected chi connectivity index (χ1v) is 13.2. The fraction of sp³-hybridized carbons (Fsp3) is 0.259. The molecule has 0 spiro atoms. The molecule has 0 unspecified atom stereocenters. The summed E-state index contributed by atoms with van der Waals surface area (Å²) in [4.78, 5) is 21.0. The zero-order chi connectivity index (χ0) is 24.6. The third-order valence-corrected chi connectivity index (χ3v) is 8.24. The second kappa shape index (κ2) is 9.28. The number of nitrogens with one attached hydrogen (secondary N) is 2. The molecule has 4 aromatic rings. The quantitative estimate of drug-likeness (QED) is 0.418. The van der Waals surface area contributed by atoms with E-state index in [1.54, 1.807) is 18.2 Å². The highest BCUT2D eigenvalue weighted by molar-refractivity contribution is 7.89. The van der Waals surface area contributed by atoms with Crippen molar-refractivity contribution in [3.63, 3.8) is 0 Å². The normalized spacial score (nSPS) is 16.9. The molecule has 1 saturated heterocycles. The van der Waals surface area contributed by atoms with Crippen LogP contribution in [0.1, 0.15) is 24.0 Å². The summed E-state index contributed by atoms with van der Waals surface area (Å²) in [7, 11) is -3.76. The molecule has 35 heavy (non-hydrogen) atoms. The van der Waals surface area contributed by atoms with E-state index < -0.39 is 15.9 Å². The molecule has 2 N–H and O–H groups in total. The lowest BCUT2D eigenvalue weighted by Crippen LogP contribution is -2.43. The van der Waals surface area contributed by atoms with Gasteiger partial charge in [-0.05, 0) is 68.1 Å². The standard InChI is InChI=1S/C27H28N4O3S/c1-18-13-19(2)15-22(14-18)28-27(32)21-9-6-12-31(17-21)35(33,34)23-10-11-24-25(16-23)30-26(29-24)20-7-4-3-5-8-20/h3-5,7-8,10-11,13-16,21H,6,9,12,17H2,1-2H3,(H,28,32)(H,29,30)/t21-/m1/s1. The first-order valence-electron chi connectivity index (χ1n) is 11.7. The molecule has 0 saturated carbocycles. The molecule has 1 fully saturated rings. The average molecular weight is 489 g/mol. The Bertz CT molecular complexity index is 1480. The van der Waals surface area contributed by atoms with Crippen LogP contribution in [0.4, 0.5) is 5.69 Å². The molecular weight excluding hydrogens is 460 g/mol. The predicted octanol–water partition coefficient (Wildman–Crippen LogP) is 4.89. The number of rotatable bonds is 5. The van der Waals surface area contributed by atoms with Gasteiger partial charge >= 0.3 is 0 Å². The maximum atomic E-state index is 13.5. The molecule has 8 heteroatoms. The average Bonchev–Trinajstić information content (AvgIpc) is 3.28. The Labute approximate surface area is 205 Å². The van der Waals surface area contributed by atoms with Crippen LogP contribution in [0.5, 0.6) is 0 Å². The minimum Gasteiger partial charge on any atom is -0.338 e. The largest absolute Gasteiger partial charge is 0.338 e. The summed E-state index contributed by atoms with van der Waals surface area (Å²) in [5, 5.41) is 2.97. The first-order chi connectivity index (χ1) is 16.8. The van der Waals surface area contributed by atoms with Gasteiger partial charge in [-0.25, -0.2) is 13.4 Å². The molecule has 7 nitrogen and oxygen atoms in total. The minimum atomic E-state index is -3.76. The lowest BCUT2D eigenvalue weighted by Gasteiger charge is -2.31. The van der Waals surface area contributed by atoms with Crippen LogP contribution in [0.2, 0.25) is 0 Å². The number of hydrogen-bond donors (Lipinski definition) is 2. The third kappa shape index (κ3) is 4.85. The van der Waals surface area contributed by atoms with Crippen LogP contribution in [0.15, 0.2) is 71.6 Å². The van der Waals surface area contributed by atoms with Crippen molar-refractivity contribution in [1.29, 1.82) is 0 Å². The lowest BCUT2D eigenvalue weighted by molar-refractivity contribution is -0.120. The van der Waals surface area contributed by atoms with Crippen LogP contribution in [0.3, 0.4) is 0 Å². The summed E-state index contributed by atoms with van der Waals surface area (Å²) < 4.78 is 28.4. The van der Waals surface area contributed by atoms with Gasteiger partial charge in [0.05, 0.1) is 21.8 Å². The van der Waals surface area contributed by atoms with E-state index in [2.05, 4.69) is 15.3 Å². The number of nitrogens with zero attached hydrogens (tertiary/aromatic N) is 2. The van der Waals surface area contributed by atoms with Crippen molar-refractivity contribution in [2.75, 3.05) is 18.4 Å². The van der Waals surface area contributed by atoms with E-state index in [0.717, 1.165) is 22.4 Å². The van der Waals surface area contributed by atoms with E-state index in [1.165, 1.54) is 4.31 Å². The molecule has 3 aromatic carbocycles. The molecule has 1 aliphatic heterocycles. The maximum Gasteiger partial charge on any atom is 0.243 e. The molecule has 1 amide bonds. The Morgan fingerprint density at radius 3 is 2.51 bits per heavy atom. The molecular formula is C27H28N4O3S. The van der Waals surface area contributed by atoms with Crippen molar-refractivity contribution < 1.29 is 13.2 Å². The number of fused-ring (bicyclic) bond motifs is 1. The van der Waals surface area contributed by atoms with Crippen LogP contribution < -0.4 is 5.32 Å². The van der Waals surface area contributed by atoms with Crippen LogP contribution in [0.25, 0.3) is 22.4 Å². The van der Waals surface area contributed by atoms with E-state index in [4.69, 9.17) is 0 Å². The van der Waals surface area contributed by atoms with Crippen molar-refractivity contribution in [2.45, 2.75) is 31.6 Å². The Morgan fingerprint density at radius 2 is 1.77 bits per heavy atom. The fourth-order valence-electron chi connectivity index (χ4n) is 4.70. The summed E-state index contributed by atoms with van der Waals surface area (Å²) in [5.41, 5.74) is 5.17. The second-order valence-electron chi connectivity index (χ2n) is 9.20. The smallest absolute Gasteiger partial charge is 0.243 e. The first kappa shape index (κ1) is 23.3. The second-order valence-corrected chi connectivity index (χ2v) is 11.1. The summed E-state index contributed by atoms with van der Waals surface area (Å²) in [6.07, 6.45) is 1.29. The number of aromatic nitrogens is 2. The highest BCUT2D eigenvalue weighted by atomic mass is 32.2. The Kier molecular flexibility index (Phi) is 6.17. The highest BCUT2D eigenvalue weighted by Crippen LogP contribution is 2.28. The molecule has 180 valence electrons. The Balaban J connectivity index is 1.35. The van der Waals surface area contributed by atoms with Gasteiger partial charge < -0.3 is 10.3 Å². The van der Waals surface area contributed by atoms with Gasteiger partial charge in [0.15, 0.2) is 0 Å². The molecule has 0 bridgehead atoms. The van der Waals surface area contributed by atoms with Gasteiger partial charge in [-0.1, -0.05) is 36.4 Å². The van der Waals surface area contributed by atoms with Gasteiger partial charge in [0, 0.05) is 24.3 Å². The van der Waals surface area contributed by atoms with E-state index in [9.17, 15) is 13.2 Å². The third-order valence-electron chi connectivity index (χ3n) is 6.38. The summed E-state index contributed by atoms with van der Waals surface area (Å²) in [6.45, 7) is 4.52. The topological polar surface area (TPSA) is 95.2 Å². The molecule has 0 aliphatic carbocycles. The molecule has 0 radical (unpaired) electrons. The number of piperidine rings is 1. The number of amides is 1. The summed E-state index contributed by atoms with van der Waals surface area (Å²) in [5.74, 6) is 0.141. The number of carbonyl (C=O) groups is 1. The number of anilines is 1. The number of aromatic amines is 1. The monoisotopic (exact) mass is 488 g/mol. The number of hydrogen-bond acceptors (Lipinski definition) is 4. The number of benzene rings is 3. The summed E-state index contributed by atoms with van der Waals surface area (Å²) >= 11 is 0. The molecule has 1 aromatic heterocycles. The number of imidazole rings is 1. The summed E-state index contributed by atoms with van der Waals surface area (Å²) in [6, 6.07) is 20.5. The number of aryl methyl sites for hydroxylation is 2. The van der Waals surface area contributed by atoms with E-state index in [0.29, 0.717) is 36.2 Å². The SMILES string of the molecule is Cc1cc(C)cc(NC(=O)[C@@H]2CCCN(S(=O)(=O)c3ccc4nc(-c5ccccc5)[nH]c4c3)C2)c1. The maximum absolute atomic E-state index is 13.5.